The second-order valence-corrected chi connectivity index (χ2v) is 4.96. The summed E-state index contributed by atoms with van der Waals surface area (Å²) in [6.45, 7) is 1.53. The molecule has 0 N–H and O–H groups in total. The van der Waals surface area contributed by atoms with Crippen molar-refractivity contribution >= 4 is 17.4 Å². The Morgan fingerprint density at radius 3 is 2.71 bits per heavy atom. The van der Waals surface area contributed by atoms with E-state index >= 15 is 0 Å². The van der Waals surface area contributed by atoms with Crippen LogP contribution in [0.1, 0.15) is 18.9 Å². The van der Waals surface area contributed by atoms with Crippen LogP contribution in [0.3, 0.4) is 0 Å². The minimum atomic E-state index is -1.23. The summed E-state index contributed by atoms with van der Waals surface area (Å²) in [6, 6.07) is 4.40. The molecule has 0 amide bonds. The van der Waals surface area contributed by atoms with E-state index in [9.17, 15) is 19.7 Å². The molecule has 0 bridgehead atoms. The number of esters is 1. The maximum absolute atomic E-state index is 11.9. The number of nitro groups is 1. The van der Waals surface area contributed by atoms with Crippen LogP contribution in [0.2, 0.25) is 0 Å². The van der Waals surface area contributed by atoms with Gasteiger partial charge in [0, 0.05) is 12.5 Å². The molecule has 7 nitrogen and oxygen atoms in total. The van der Waals surface area contributed by atoms with Gasteiger partial charge in [0.05, 0.1) is 18.6 Å². The van der Waals surface area contributed by atoms with Crippen LogP contribution in [0.15, 0.2) is 18.2 Å². The van der Waals surface area contributed by atoms with Gasteiger partial charge in [-0.1, -0.05) is 6.07 Å². The predicted octanol–water partition coefficient (Wildman–Crippen LogP) is 1.67. The Morgan fingerprint density at radius 2 is 2.24 bits per heavy atom. The van der Waals surface area contributed by atoms with Crippen molar-refractivity contribution in [2.24, 2.45) is 5.41 Å². The first kappa shape index (κ1) is 15.0. The van der Waals surface area contributed by atoms with E-state index in [1.54, 1.807) is 6.07 Å². The Balaban J connectivity index is 2.39. The van der Waals surface area contributed by atoms with Gasteiger partial charge in [0.25, 0.3) is 0 Å². The fourth-order valence-corrected chi connectivity index (χ4v) is 2.50. The van der Waals surface area contributed by atoms with Crippen LogP contribution in [0.4, 0.5) is 5.69 Å². The molecule has 0 aliphatic carbocycles. The Kier molecular flexibility index (Phi) is 3.93. The smallest absolute Gasteiger partial charge is 0.320 e. The molecule has 0 aromatic heterocycles. The Morgan fingerprint density at radius 1 is 1.52 bits per heavy atom. The Bertz CT molecular complexity index is 611. The lowest BCUT2D eigenvalue weighted by Crippen LogP contribution is -2.36. The number of nitrogens with zero attached hydrogens (tertiary/aromatic N) is 1. The van der Waals surface area contributed by atoms with Gasteiger partial charge in [0.15, 0.2) is 5.75 Å². The third-order valence-electron chi connectivity index (χ3n) is 3.77. The highest BCUT2D eigenvalue weighted by Gasteiger charge is 2.48. The number of ketones is 1. The zero-order valence-corrected chi connectivity index (χ0v) is 11.8. The molecule has 21 heavy (non-hydrogen) atoms. The van der Waals surface area contributed by atoms with Crippen molar-refractivity contribution < 1.29 is 24.0 Å². The quantitative estimate of drug-likeness (QED) is 0.354. The van der Waals surface area contributed by atoms with Crippen molar-refractivity contribution in [2.45, 2.75) is 19.8 Å². The SMILES string of the molecule is COc1ccc(CC2(C(C)=O)CCOC2=O)cc1[N+](=O)[O-]. The monoisotopic (exact) mass is 293 g/mol. The standard InChI is InChI=1S/C14H15NO6/c1-9(16)14(5-6-21-13(14)17)8-10-3-4-12(20-2)11(7-10)15(18)19/h3-4,7H,5-6,8H2,1-2H3. The summed E-state index contributed by atoms with van der Waals surface area (Å²) in [5, 5.41) is 11.0. The van der Waals surface area contributed by atoms with E-state index < -0.39 is 16.3 Å². The number of methoxy groups -OCH3 is 1. The second kappa shape index (κ2) is 5.51. The van der Waals surface area contributed by atoms with Gasteiger partial charge in [0.1, 0.15) is 11.2 Å². The summed E-state index contributed by atoms with van der Waals surface area (Å²) in [5.41, 5.74) is -0.903. The fraction of sp³-hybridized carbons (Fsp3) is 0.429. The number of Topliss-reactive ketones (excluding diaryl/α,β-unsaturated/α-hetero) is 1. The number of carbonyl (C=O) groups is 2. The number of hydrogen-bond acceptors (Lipinski definition) is 6. The molecule has 1 saturated heterocycles. The molecule has 0 radical (unpaired) electrons. The van der Waals surface area contributed by atoms with Crippen LogP contribution >= 0.6 is 0 Å². The van der Waals surface area contributed by atoms with Crippen LogP contribution in [-0.2, 0) is 20.7 Å². The first-order valence-corrected chi connectivity index (χ1v) is 6.40. The molecular weight excluding hydrogens is 278 g/mol. The topological polar surface area (TPSA) is 95.7 Å². The van der Waals surface area contributed by atoms with E-state index in [-0.39, 0.29) is 30.2 Å². The molecule has 1 aliphatic rings. The lowest BCUT2D eigenvalue weighted by Gasteiger charge is -2.21. The van der Waals surface area contributed by atoms with Crippen LogP contribution in [0, 0.1) is 15.5 Å². The van der Waals surface area contributed by atoms with E-state index in [2.05, 4.69) is 0 Å². The molecule has 1 fully saturated rings. The summed E-state index contributed by atoms with van der Waals surface area (Å²) in [7, 11) is 1.34. The Hall–Kier alpha value is -2.44. The molecule has 1 aromatic rings. The summed E-state index contributed by atoms with van der Waals surface area (Å²) in [4.78, 5) is 34.2. The molecule has 1 aliphatic heterocycles. The average molecular weight is 293 g/mol. The maximum atomic E-state index is 11.9. The van der Waals surface area contributed by atoms with Gasteiger partial charge in [-0.15, -0.1) is 0 Å². The van der Waals surface area contributed by atoms with Crippen molar-refractivity contribution in [1.82, 2.24) is 0 Å². The van der Waals surface area contributed by atoms with E-state index in [1.807, 2.05) is 0 Å². The minimum absolute atomic E-state index is 0.0893. The lowest BCUT2D eigenvalue weighted by molar-refractivity contribution is -0.385. The van der Waals surface area contributed by atoms with E-state index in [0.717, 1.165) is 0 Å². The molecule has 112 valence electrons. The number of nitro benzene ring substituents is 1. The van der Waals surface area contributed by atoms with Crippen molar-refractivity contribution in [1.29, 1.82) is 0 Å². The second-order valence-electron chi connectivity index (χ2n) is 4.96. The van der Waals surface area contributed by atoms with Crippen LogP contribution in [-0.4, -0.2) is 30.4 Å². The van der Waals surface area contributed by atoms with Crippen LogP contribution < -0.4 is 4.74 Å². The molecule has 0 spiro atoms. The summed E-state index contributed by atoms with van der Waals surface area (Å²) < 4.78 is 9.83. The third-order valence-corrected chi connectivity index (χ3v) is 3.77. The molecule has 1 heterocycles. The van der Waals surface area contributed by atoms with Crippen molar-refractivity contribution in [3.8, 4) is 5.75 Å². The van der Waals surface area contributed by atoms with E-state index in [4.69, 9.17) is 9.47 Å². The summed E-state index contributed by atoms with van der Waals surface area (Å²) in [6.07, 6.45) is 0.382. The van der Waals surface area contributed by atoms with E-state index in [1.165, 1.54) is 26.2 Å². The average Bonchev–Trinajstić information content (AvgIpc) is 2.81. The van der Waals surface area contributed by atoms with Crippen LogP contribution in [0.5, 0.6) is 5.75 Å². The summed E-state index contributed by atoms with van der Waals surface area (Å²) in [5.74, 6) is -0.716. The number of cyclic esters (lactones) is 1. The lowest BCUT2D eigenvalue weighted by atomic mass is 9.77. The van der Waals surface area contributed by atoms with Crippen LogP contribution in [0.25, 0.3) is 0 Å². The predicted molar refractivity (Wildman–Crippen MR) is 72.0 cm³/mol. The number of hydrogen-bond donors (Lipinski definition) is 0. The van der Waals surface area contributed by atoms with Crippen molar-refractivity contribution in [3.05, 3.63) is 33.9 Å². The van der Waals surface area contributed by atoms with Gasteiger partial charge in [0.2, 0.25) is 0 Å². The molecule has 0 saturated carbocycles. The zero-order valence-electron chi connectivity index (χ0n) is 11.8. The molecular formula is C14H15NO6. The highest BCUT2D eigenvalue weighted by molar-refractivity contribution is 6.04. The normalized spacial score (nSPS) is 21.0. The van der Waals surface area contributed by atoms with Crippen molar-refractivity contribution in [2.75, 3.05) is 13.7 Å². The molecule has 7 heteroatoms. The van der Waals surface area contributed by atoms with Gasteiger partial charge >= 0.3 is 11.7 Å². The fourth-order valence-electron chi connectivity index (χ4n) is 2.50. The van der Waals surface area contributed by atoms with E-state index in [0.29, 0.717) is 12.0 Å². The maximum Gasteiger partial charge on any atom is 0.320 e. The molecule has 1 unspecified atom stereocenters. The van der Waals surface area contributed by atoms with Crippen molar-refractivity contribution in [3.63, 3.8) is 0 Å². The largest absolute Gasteiger partial charge is 0.490 e. The number of ether oxygens (including phenoxy) is 2. The van der Waals surface area contributed by atoms with Gasteiger partial charge < -0.3 is 9.47 Å². The summed E-state index contributed by atoms with van der Waals surface area (Å²) >= 11 is 0. The molecule has 2 rings (SSSR count). The third kappa shape index (κ3) is 2.58. The molecule has 1 aromatic carbocycles. The van der Waals surface area contributed by atoms with Gasteiger partial charge in [-0.25, -0.2) is 0 Å². The van der Waals surface area contributed by atoms with Gasteiger partial charge in [-0.05, 0) is 25.0 Å². The minimum Gasteiger partial charge on any atom is -0.490 e. The zero-order chi connectivity index (χ0) is 15.6. The first-order chi connectivity index (χ1) is 9.90. The highest BCUT2D eigenvalue weighted by atomic mass is 16.6. The Labute approximate surface area is 121 Å². The number of benzene rings is 1. The van der Waals surface area contributed by atoms with Gasteiger partial charge in [-0.2, -0.15) is 0 Å². The van der Waals surface area contributed by atoms with Gasteiger partial charge in [-0.3, -0.25) is 19.7 Å². The first-order valence-electron chi connectivity index (χ1n) is 6.40. The molecule has 1 atom stereocenters. The highest BCUT2D eigenvalue weighted by Crippen LogP contribution is 2.37. The number of carbonyl (C=O) groups excluding carboxylic acids is 2. The number of rotatable bonds is 5.